The predicted molar refractivity (Wildman–Crippen MR) is 106 cm³/mol. The van der Waals surface area contributed by atoms with E-state index in [2.05, 4.69) is 33.3 Å². The molecule has 0 unspecified atom stereocenters. The molecule has 1 N–H and O–H groups in total. The van der Waals surface area contributed by atoms with Gasteiger partial charge in [-0.25, -0.2) is 4.98 Å². The van der Waals surface area contributed by atoms with Gasteiger partial charge in [0.25, 0.3) is 0 Å². The van der Waals surface area contributed by atoms with Gasteiger partial charge >= 0.3 is 0 Å². The Morgan fingerprint density at radius 3 is 2.82 bits per heavy atom. The highest BCUT2D eigenvalue weighted by molar-refractivity contribution is 5.95. The van der Waals surface area contributed by atoms with Crippen LogP contribution < -0.4 is 5.32 Å². The number of amides is 1. The molecule has 0 spiro atoms. The lowest BCUT2D eigenvalue weighted by Crippen LogP contribution is -2.40. The normalized spacial score (nSPS) is 17.0. The Balaban J connectivity index is 1.21. The van der Waals surface area contributed by atoms with Crippen LogP contribution in [-0.4, -0.2) is 43.8 Å². The lowest BCUT2D eigenvalue weighted by molar-refractivity contribution is -0.132. The van der Waals surface area contributed by atoms with Crippen LogP contribution in [-0.2, 0) is 18.4 Å². The van der Waals surface area contributed by atoms with Crippen LogP contribution in [0.1, 0.15) is 48.4 Å². The topological polar surface area (TPSA) is 72.2 Å². The molecule has 0 radical (unpaired) electrons. The van der Waals surface area contributed by atoms with Gasteiger partial charge < -0.3 is 19.4 Å². The minimum Gasteiger partial charge on any atom is -0.382 e. The van der Waals surface area contributed by atoms with Gasteiger partial charge in [0.1, 0.15) is 0 Å². The van der Waals surface area contributed by atoms with Gasteiger partial charge in [-0.15, -0.1) is 0 Å². The molecule has 7 heteroatoms. The van der Waals surface area contributed by atoms with E-state index in [0.29, 0.717) is 25.3 Å². The van der Waals surface area contributed by atoms with E-state index in [-0.39, 0.29) is 17.6 Å². The monoisotopic (exact) mass is 381 g/mol. The number of imidazole rings is 1. The standard InChI is InChI=1S/C21H27N5O2/c1-24-13-9-22-21(24)20(28)16-7-11-25(12-8-16)19(27)6-2-4-17-15-26-10-3-5-18(26)14-23-17/h3,5,9-10,13,15-16,23H,2,4,6-8,11-12,14H2,1H3. The van der Waals surface area contributed by atoms with Crippen molar-refractivity contribution in [2.45, 2.75) is 38.6 Å². The van der Waals surface area contributed by atoms with Crippen LogP contribution in [0.25, 0.3) is 6.20 Å². The third kappa shape index (κ3) is 3.88. The van der Waals surface area contributed by atoms with Gasteiger partial charge in [-0.1, -0.05) is 0 Å². The molecule has 1 amide bonds. The summed E-state index contributed by atoms with van der Waals surface area (Å²) in [4.78, 5) is 31.2. The number of carbonyl (C=O) groups is 2. The second kappa shape index (κ2) is 8.04. The predicted octanol–water partition coefficient (Wildman–Crippen LogP) is 2.42. The lowest BCUT2D eigenvalue weighted by Gasteiger charge is -2.31. The van der Waals surface area contributed by atoms with E-state index in [0.717, 1.165) is 32.2 Å². The number of ketones is 1. The van der Waals surface area contributed by atoms with Gasteiger partial charge in [0.15, 0.2) is 5.82 Å². The van der Waals surface area contributed by atoms with E-state index in [1.54, 1.807) is 17.0 Å². The summed E-state index contributed by atoms with van der Waals surface area (Å²) in [6, 6.07) is 4.15. The highest BCUT2D eigenvalue weighted by Crippen LogP contribution is 2.22. The molecule has 2 aliphatic heterocycles. The van der Waals surface area contributed by atoms with Crippen LogP contribution in [0.15, 0.2) is 36.4 Å². The molecule has 0 atom stereocenters. The number of aryl methyl sites for hydroxylation is 1. The largest absolute Gasteiger partial charge is 0.382 e. The van der Waals surface area contributed by atoms with Gasteiger partial charge in [-0.3, -0.25) is 9.59 Å². The van der Waals surface area contributed by atoms with Crippen LogP contribution in [0.4, 0.5) is 0 Å². The summed E-state index contributed by atoms with van der Waals surface area (Å²) < 4.78 is 3.90. The summed E-state index contributed by atoms with van der Waals surface area (Å²) in [5, 5.41) is 3.42. The Bertz CT molecular complexity index is 886. The van der Waals surface area contributed by atoms with Crippen molar-refractivity contribution in [2.24, 2.45) is 13.0 Å². The second-order valence-corrected chi connectivity index (χ2v) is 7.65. The average molecular weight is 381 g/mol. The number of nitrogens with zero attached hydrogens (tertiary/aromatic N) is 4. The molecule has 148 valence electrons. The molecule has 2 aromatic heterocycles. The van der Waals surface area contributed by atoms with E-state index in [1.165, 1.54) is 11.4 Å². The van der Waals surface area contributed by atoms with Gasteiger partial charge in [-0.05, 0) is 37.8 Å². The number of Topliss-reactive ketones (excluding diaryl/α,β-unsaturated/α-hetero) is 1. The highest BCUT2D eigenvalue weighted by Gasteiger charge is 2.29. The molecular weight excluding hydrogens is 354 g/mol. The summed E-state index contributed by atoms with van der Waals surface area (Å²) in [6.07, 6.45) is 11.3. The molecule has 2 aliphatic rings. The fourth-order valence-electron chi connectivity index (χ4n) is 4.04. The van der Waals surface area contributed by atoms with Crippen LogP contribution in [0.5, 0.6) is 0 Å². The molecule has 4 rings (SSSR count). The van der Waals surface area contributed by atoms with Crippen molar-refractivity contribution >= 4 is 17.9 Å². The highest BCUT2D eigenvalue weighted by atomic mass is 16.2. The smallest absolute Gasteiger partial charge is 0.222 e. The number of hydrogen-bond acceptors (Lipinski definition) is 4. The minimum absolute atomic E-state index is 0.0301. The summed E-state index contributed by atoms with van der Waals surface area (Å²) >= 11 is 0. The molecule has 0 aromatic carbocycles. The second-order valence-electron chi connectivity index (χ2n) is 7.65. The zero-order valence-electron chi connectivity index (χ0n) is 16.3. The number of carbonyl (C=O) groups excluding carboxylic acids is 2. The number of nitrogens with one attached hydrogen (secondary N) is 1. The first-order valence-corrected chi connectivity index (χ1v) is 10.0. The van der Waals surface area contributed by atoms with Crippen molar-refractivity contribution in [3.8, 4) is 0 Å². The number of aromatic nitrogens is 3. The van der Waals surface area contributed by atoms with Crippen LogP contribution >= 0.6 is 0 Å². The van der Waals surface area contributed by atoms with Crippen LogP contribution in [0.2, 0.25) is 0 Å². The van der Waals surface area contributed by atoms with Gasteiger partial charge in [-0.2, -0.15) is 0 Å². The van der Waals surface area contributed by atoms with Crippen molar-refractivity contribution in [2.75, 3.05) is 13.1 Å². The zero-order valence-corrected chi connectivity index (χ0v) is 16.3. The van der Waals surface area contributed by atoms with Crippen molar-refractivity contribution in [3.05, 3.63) is 47.9 Å². The molecule has 28 heavy (non-hydrogen) atoms. The Kier molecular flexibility index (Phi) is 5.32. The van der Waals surface area contributed by atoms with Crippen molar-refractivity contribution in [1.29, 1.82) is 0 Å². The number of hydrogen-bond donors (Lipinski definition) is 1. The van der Waals surface area contributed by atoms with Gasteiger partial charge in [0, 0.05) is 68.7 Å². The van der Waals surface area contributed by atoms with Crippen molar-refractivity contribution in [3.63, 3.8) is 0 Å². The molecule has 0 aliphatic carbocycles. The lowest BCUT2D eigenvalue weighted by atomic mass is 9.92. The minimum atomic E-state index is -0.0301. The molecule has 1 saturated heterocycles. The van der Waals surface area contributed by atoms with E-state index >= 15 is 0 Å². The van der Waals surface area contributed by atoms with E-state index in [9.17, 15) is 9.59 Å². The van der Waals surface area contributed by atoms with E-state index in [1.807, 2.05) is 18.0 Å². The SMILES string of the molecule is Cn1ccnc1C(=O)C1CCN(C(=O)CCCC2=Cn3cccc3CN2)CC1. The number of rotatable bonds is 6. The fraction of sp³-hybridized carbons (Fsp3) is 0.476. The molecule has 0 saturated carbocycles. The Morgan fingerprint density at radius 2 is 2.07 bits per heavy atom. The first-order chi connectivity index (χ1) is 13.6. The molecule has 2 aromatic rings. The Labute approximate surface area is 165 Å². The molecular formula is C21H27N5O2. The maximum absolute atomic E-state index is 12.6. The maximum Gasteiger partial charge on any atom is 0.222 e. The fourth-order valence-corrected chi connectivity index (χ4v) is 4.04. The third-order valence-electron chi connectivity index (χ3n) is 5.76. The third-order valence-corrected chi connectivity index (χ3v) is 5.76. The average Bonchev–Trinajstić information content (AvgIpc) is 3.35. The molecule has 0 bridgehead atoms. The number of piperidine rings is 1. The number of fused-ring (bicyclic) bond motifs is 1. The van der Waals surface area contributed by atoms with Crippen LogP contribution in [0, 0.1) is 5.92 Å². The zero-order chi connectivity index (χ0) is 19.5. The van der Waals surface area contributed by atoms with Gasteiger partial charge in [0.2, 0.25) is 11.7 Å². The summed E-state index contributed by atoms with van der Waals surface area (Å²) in [5.41, 5.74) is 2.43. The number of likely N-dealkylation sites (tertiary alicyclic amines) is 1. The number of allylic oxidation sites excluding steroid dienone is 1. The Morgan fingerprint density at radius 1 is 1.25 bits per heavy atom. The van der Waals surface area contributed by atoms with E-state index < -0.39 is 0 Å². The first kappa shape index (κ1) is 18.5. The summed E-state index contributed by atoms with van der Waals surface area (Å²) in [6.45, 7) is 2.16. The maximum atomic E-state index is 12.6. The first-order valence-electron chi connectivity index (χ1n) is 10.0. The van der Waals surface area contributed by atoms with Crippen LogP contribution in [0.3, 0.4) is 0 Å². The van der Waals surface area contributed by atoms with Crippen molar-refractivity contribution in [1.82, 2.24) is 24.3 Å². The van der Waals surface area contributed by atoms with Crippen molar-refractivity contribution < 1.29 is 9.59 Å². The molecule has 7 nitrogen and oxygen atoms in total. The summed E-state index contributed by atoms with van der Waals surface area (Å²) in [5.74, 6) is 0.779. The molecule has 4 heterocycles. The molecule has 1 fully saturated rings. The Hall–Kier alpha value is -2.83. The quantitative estimate of drug-likeness (QED) is 0.780. The summed E-state index contributed by atoms with van der Waals surface area (Å²) in [7, 11) is 1.84. The van der Waals surface area contributed by atoms with Gasteiger partial charge in [0.05, 0.1) is 6.54 Å². The van der Waals surface area contributed by atoms with E-state index in [4.69, 9.17) is 0 Å².